The quantitative estimate of drug-likeness (QED) is 0.788. The van der Waals surface area contributed by atoms with Gasteiger partial charge in [0.25, 0.3) is 5.91 Å². The van der Waals surface area contributed by atoms with Crippen LogP contribution < -0.4 is 5.73 Å². The zero-order chi connectivity index (χ0) is 10.8. The van der Waals surface area contributed by atoms with E-state index in [0.717, 1.165) is 37.1 Å². The van der Waals surface area contributed by atoms with Crippen molar-refractivity contribution in [2.75, 3.05) is 13.1 Å². The average Bonchev–Trinajstić information content (AvgIpc) is 2.65. The van der Waals surface area contributed by atoms with Gasteiger partial charge >= 0.3 is 0 Å². The highest BCUT2D eigenvalue weighted by atomic mass is 32.1. The zero-order valence-corrected chi connectivity index (χ0v) is 9.72. The molecule has 0 aromatic carbocycles. The van der Waals surface area contributed by atoms with E-state index in [2.05, 4.69) is 0 Å². The van der Waals surface area contributed by atoms with Crippen LogP contribution in [0.25, 0.3) is 0 Å². The predicted octanol–water partition coefficient (Wildman–Crippen LogP) is 1.62. The minimum atomic E-state index is 0.167. The number of nitrogens with zero attached hydrogens (tertiary/aromatic N) is 1. The van der Waals surface area contributed by atoms with Crippen molar-refractivity contribution in [3.63, 3.8) is 0 Å². The molecule has 0 bridgehead atoms. The van der Waals surface area contributed by atoms with E-state index in [4.69, 9.17) is 5.73 Å². The largest absolute Gasteiger partial charge is 0.338 e. The fourth-order valence-corrected chi connectivity index (χ4v) is 2.67. The Kier molecular flexibility index (Phi) is 3.07. The van der Waals surface area contributed by atoms with Gasteiger partial charge in [0.05, 0.1) is 5.56 Å². The van der Waals surface area contributed by atoms with E-state index in [-0.39, 0.29) is 11.9 Å². The molecule has 82 valence electrons. The van der Waals surface area contributed by atoms with Gasteiger partial charge in [-0.3, -0.25) is 4.79 Å². The summed E-state index contributed by atoms with van der Waals surface area (Å²) in [5.41, 5.74) is 7.75. The van der Waals surface area contributed by atoms with Crippen LogP contribution in [0.1, 0.15) is 28.8 Å². The number of carbonyl (C=O) groups is 1. The van der Waals surface area contributed by atoms with E-state index in [1.165, 1.54) is 0 Å². The van der Waals surface area contributed by atoms with Crippen molar-refractivity contribution in [1.82, 2.24) is 4.90 Å². The normalized spacial score (nSPS) is 18.1. The molecule has 0 unspecified atom stereocenters. The summed E-state index contributed by atoms with van der Waals surface area (Å²) in [7, 11) is 0. The molecule has 15 heavy (non-hydrogen) atoms. The first-order valence-corrected chi connectivity index (χ1v) is 6.20. The maximum absolute atomic E-state index is 12.1. The Labute approximate surface area is 93.9 Å². The SMILES string of the molecule is Cc1cscc1C(=O)N1CCC(N)CC1. The van der Waals surface area contributed by atoms with Gasteiger partial charge in [0.1, 0.15) is 0 Å². The lowest BCUT2D eigenvalue weighted by atomic mass is 10.0. The minimum Gasteiger partial charge on any atom is -0.338 e. The third kappa shape index (κ3) is 2.21. The maximum atomic E-state index is 12.1. The number of hydrogen-bond donors (Lipinski definition) is 1. The fourth-order valence-electron chi connectivity index (χ4n) is 1.85. The van der Waals surface area contributed by atoms with Crippen LogP contribution in [0, 0.1) is 6.92 Å². The second-order valence-electron chi connectivity index (χ2n) is 4.10. The highest BCUT2D eigenvalue weighted by Gasteiger charge is 2.22. The van der Waals surface area contributed by atoms with E-state index in [0.29, 0.717) is 0 Å². The number of rotatable bonds is 1. The van der Waals surface area contributed by atoms with Gasteiger partial charge < -0.3 is 10.6 Å². The Morgan fingerprint density at radius 1 is 1.47 bits per heavy atom. The van der Waals surface area contributed by atoms with Gasteiger partial charge in [-0.15, -0.1) is 0 Å². The van der Waals surface area contributed by atoms with Gasteiger partial charge in [0.15, 0.2) is 0 Å². The molecule has 2 heterocycles. The first-order valence-electron chi connectivity index (χ1n) is 5.26. The lowest BCUT2D eigenvalue weighted by Gasteiger charge is -2.30. The molecule has 1 aliphatic rings. The van der Waals surface area contributed by atoms with Crippen LogP contribution in [0.5, 0.6) is 0 Å². The topological polar surface area (TPSA) is 46.3 Å². The average molecular weight is 224 g/mol. The molecule has 4 heteroatoms. The van der Waals surface area contributed by atoms with Crippen molar-refractivity contribution in [2.45, 2.75) is 25.8 Å². The van der Waals surface area contributed by atoms with Crippen molar-refractivity contribution < 1.29 is 4.79 Å². The predicted molar refractivity (Wildman–Crippen MR) is 62.2 cm³/mol. The zero-order valence-electron chi connectivity index (χ0n) is 8.90. The van der Waals surface area contributed by atoms with Gasteiger partial charge in [0.2, 0.25) is 0 Å². The minimum absolute atomic E-state index is 0.167. The first kappa shape index (κ1) is 10.6. The van der Waals surface area contributed by atoms with Crippen LogP contribution >= 0.6 is 11.3 Å². The summed E-state index contributed by atoms with van der Waals surface area (Å²) >= 11 is 1.59. The number of aryl methyl sites for hydroxylation is 1. The number of piperidine rings is 1. The number of amides is 1. The molecule has 0 spiro atoms. The van der Waals surface area contributed by atoms with Crippen molar-refractivity contribution in [3.05, 3.63) is 21.9 Å². The number of hydrogen-bond acceptors (Lipinski definition) is 3. The molecule has 0 aliphatic carbocycles. The van der Waals surface area contributed by atoms with E-state index in [9.17, 15) is 4.79 Å². The molecule has 1 saturated heterocycles. The molecular weight excluding hydrogens is 208 g/mol. The number of thiophene rings is 1. The molecule has 0 radical (unpaired) electrons. The van der Waals surface area contributed by atoms with Crippen LogP contribution in [-0.2, 0) is 0 Å². The van der Waals surface area contributed by atoms with Gasteiger partial charge in [-0.2, -0.15) is 11.3 Å². The highest BCUT2D eigenvalue weighted by molar-refractivity contribution is 7.08. The van der Waals surface area contributed by atoms with Gasteiger partial charge in [-0.1, -0.05) is 0 Å². The number of likely N-dealkylation sites (tertiary alicyclic amines) is 1. The van der Waals surface area contributed by atoms with Gasteiger partial charge in [-0.25, -0.2) is 0 Å². The number of carbonyl (C=O) groups excluding carboxylic acids is 1. The molecule has 1 amide bonds. The van der Waals surface area contributed by atoms with Crippen LogP contribution in [-0.4, -0.2) is 29.9 Å². The second kappa shape index (κ2) is 4.33. The summed E-state index contributed by atoms with van der Waals surface area (Å²) in [5, 5.41) is 3.95. The van der Waals surface area contributed by atoms with Crippen molar-refractivity contribution in [3.8, 4) is 0 Å². The third-order valence-electron chi connectivity index (χ3n) is 2.91. The Morgan fingerprint density at radius 3 is 2.67 bits per heavy atom. The molecule has 0 atom stereocenters. The van der Waals surface area contributed by atoms with Crippen molar-refractivity contribution in [2.24, 2.45) is 5.73 Å². The molecule has 1 aromatic rings. The maximum Gasteiger partial charge on any atom is 0.254 e. The second-order valence-corrected chi connectivity index (χ2v) is 4.84. The Balaban J connectivity index is 2.06. The van der Waals surface area contributed by atoms with E-state index >= 15 is 0 Å². The van der Waals surface area contributed by atoms with E-state index in [1.807, 2.05) is 22.6 Å². The first-order chi connectivity index (χ1) is 7.18. The van der Waals surface area contributed by atoms with Crippen LogP contribution in [0.15, 0.2) is 10.8 Å². The van der Waals surface area contributed by atoms with Crippen molar-refractivity contribution >= 4 is 17.2 Å². The number of nitrogens with two attached hydrogens (primary N) is 1. The Hall–Kier alpha value is -0.870. The molecule has 1 aromatic heterocycles. The lowest BCUT2D eigenvalue weighted by molar-refractivity contribution is 0.0714. The molecule has 3 nitrogen and oxygen atoms in total. The summed E-state index contributed by atoms with van der Waals surface area (Å²) in [6.45, 7) is 3.59. The molecule has 2 rings (SSSR count). The van der Waals surface area contributed by atoms with Crippen LogP contribution in [0.2, 0.25) is 0 Å². The molecule has 0 saturated carbocycles. The Bertz CT molecular complexity index is 353. The van der Waals surface area contributed by atoms with E-state index in [1.54, 1.807) is 11.3 Å². The standard InChI is InChI=1S/C11H16N2OS/c1-8-6-15-7-10(8)11(14)13-4-2-9(12)3-5-13/h6-7,9H,2-5,12H2,1H3. The summed E-state index contributed by atoms with van der Waals surface area (Å²) in [4.78, 5) is 14.0. The van der Waals surface area contributed by atoms with Gasteiger partial charge in [-0.05, 0) is 30.7 Å². The molecule has 1 aliphatic heterocycles. The molecule has 2 N–H and O–H groups in total. The highest BCUT2D eigenvalue weighted by Crippen LogP contribution is 2.18. The van der Waals surface area contributed by atoms with Crippen LogP contribution in [0.4, 0.5) is 0 Å². The Morgan fingerprint density at radius 2 is 2.13 bits per heavy atom. The van der Waals surface area contributed by atoms with Gasteiger partial charge in [0, 0.05) is 24.5 Å². The third-order valence-corrected chi connectivity index (χ3v) is 3.77. The molecule has 1 fully saturated rings. The molecular formula is C11H16N2OS. The fraction of sp³-hybridized carbons (Fsp3) is 0.545. The van der Waals surface area contributed by atoms with Crippen LogP contribution in [0.3, 0.4) is 0 Å². The monoisotopic (exact) mass is 224 g/mol. The summed E-state index contributed by atoms with van der Waals surface area (Å²) in [6.07, 6.45) is 1.85. The van der Waals surface area contributed by atoms with E-state index < -0.39 is 0 Å². The van der Waals surface area contributed by atoms with Crippen molar-refractivity contribution in [1.29, 1.82) is 0 Å². The summed E-state index contributed by atoms with van der Waals surface area (Å²) in [6, 6.07) is 0.276. The smallest absolute Gasteiger partial charge is 0.254 e. The lowest BCUT2D eigenvalue weighted by Crippen LogP contribution is -2.42. The summed E-state index contributed by atoms with van der Waals surface area (Å²) in [5.74, 6) is 0.167. The summed E-state index contributed by atoms with van der Waals surface area (Å²) < 4.78 is 0.